The van der Waals surface area contributed by atoms with Gasteiger partial charge in [-0.1, -0.05) is 11.6 Å². The Kier molecular flexibility index (Phi) is 6.62. The molecule has 94 valence electrons. The highest BCUT2D eigenvalue weighted by Crippen LogP contribution is 2.08. The quantitative estimate of drug-likeness (QED) is 0.723. The lowest BCUT2D eigenvalue weighted by Gasteiger charge is -2.06. The molecule has 4 nitrogen and oxygen atoms in total. The van der Waals surface area contributed by atoms with E-state index in [1.807, 2.05) is 0 Å². The second-order valence-electron chi connectivity index (χ2n) is 3.51. The first-order valence-corrected chi connectivity index (χ1v) is 5.85. The molecular weight excluding hydrogens is 240 g/mol. The van der Waals surface area contributed by atoms with Crippen LogP contribution in [0, 0.1) is 0 Å². The number of halogens is 1. The molecule has 0 aliphatic carbocycles. The predicted molar refractivity (Wildman–Crippen MR) is 68.5 cm³/mol. The fraction of sp³-hybridized carbons (Fsp3) is 0.417. The molecule has 1 aromatic rings. The lowest BCUT2D eigenvalue weighted by Crippen LogP contribution is -2.33. The van der Waals surface area contributed by atoms with Crippen LogP contribution in [0.3, 0.4) is 0 Å². The molecule has 1 amide bonds. The second kappa shape index (κ2) is 8.06. The largest absolute Gasteiger partial charge is 0.383 e. The highest BCUT2D eigenvalue weighted by Gasteiger charge is 2.03. The highest BCUT2D eigenvalue weighted by atomic mass is 35.5. The molecule has 2 N–H and O–H groups in total. The Morgan fingerprint density at radius 1 is 1.24 bits per heavy atom. The molecule has 5 heteroatoms. The summed E-state index contributed by atoms with van der Waals surface area (Å²) < 4.78 is 4.89. The van der Waals surface area contributed by atoms with Crippen LogP contribution in [-0.4, -0.2) is 39.3 Å². The van der Waals surface area contributed by atoms with Crippen molar-refractivity contribution >= 4 is 17.5 Å². The van der Waals surface area contributed by atoms with Crippen molar-refractivity contribution < 1.29 is 9.53 Å². The number of hydrogen-bond acceptors (Lipinski definition) is 3. The zero-order chi connectivity index (χ0) is 12.5. The summed E-state index contributed by atoms with van der Waals surface area (Å²) in [5, 5.41) is 6.58. The van der Waals surface area contributed by atoms with Crippen LogP contribution in [-0.2, 0) is 4.74 Å². The maximum absolute atomic E-state index is 11.6. The standard InChI is InChI=1S/C12H17ClN2O2/c1-17-9-8-14-6-7-15-12(16)10-2-4-11(13)5-3-10/h2-5,14H,6-9H2,1H3,(H,15,16). The minimum atomic E-state index is -0.0878. The van der Waals surface area contributed by atoms with Gasteiger partial charge in [0.1, 0.15) is 0 Å². The van der Waals surface area contributed by atoms with E-state index in [9.17, 15) is 4.79 Å². The summed E-state index contributed by atoms with van der Waals surface area (Å²) in [4.78, 5) is 11.6. The summed E-state index contributed by atoms with van der Waals surface area (Å²) in [6, 6.07) is 6.81. The smallest absolute Gasteiger partial charge is 0.251 e. The number of hydrogen-bond donors (Lipinski definition) is 2. The molecule has 0 bridgehead atoms. The first-order chi connectivity index (χ1) is 8.24. The summed E-state index contributed by atoms with van der Waals surface area (Å²) in [6.07, 6.45) is 0. The third kappa shape index (κ3) is 5.68. The van der Waals surface area contributed by atoms with Crippen molar-refractivity contribution in [3.05, 3.63) is 34.9 Å². The molecule has 0 aliphatic heterocycles. The van der Waals surface area contributed by atoms with E-state index < -0.39 is 0 Å². The number of nitrogens with one attached hydrogen (secondary N) is 2. The highest BCUT2D eigenvalue weighted by molar-refractivity contribution is 6.30. The number of rotatable bonds is 7. The van der Waals surface area contributed by atoms with Crippen LogP contribution in [0.1, 0.15) is 10.4 Å². The molecule has 0 spiro atoms. The van der Waals surface area contributed by atoms with Gasteiger partial charge in [-0.2, -0.15) is 0 Å². The fourth-order valence-electron chi connectivity index (χ4n) is 1.27. The number of ether oxygens (including phenoxy) is 1. The van der Waals surface area contributed by atoms with Gasteiger partial charge < -0.3 is 15.4 Å². The molecule has 0 heterocycles. The van der Waals surface area contributed by atoms with E-state index in [4.69, 9.17) is 16.3 Å². The second-order valence-corrected chi connectivity index (χ2v) is 3.94. The Labute approximate surface area is 106 Å². The normalized spacial score (nSPS) is 10.2. The molecule has 1 rings (SSSR count). The van der Waals surface area contributed by atoms with Crippen LogP contribution in [0.4, 0.5) is 0 Å². The first kappa shape index (κ1) is 14.0. The van der Waals surface area contributed by atoms with Crippen LogP contribution in [0.2, 0.25) is 5.02 Å². The Morgan fingerprint density at radius 3 is 2.59 bits per heavy atom. The summed E-state index contributed by atoms with van der Waals surface area (Å²) in [7, 11) is 1.66. The molecular formula is C12H17ClN2O2. The third-order valence-corrected chi connectivity index (χ3v) is 2.43. The number of amides is 1. The van der Waals surface area contributed by atoms with Crippen LogP contribution in [0.5, 0.6) is 0 Å². The fourth-order valence-corrected chi connectivity index (χ4v) is 1.39. The average molecular weight is 257 g/mol. The zero-order valence-electron chi connectivity index (χ0n) is 9.83. The van der Waals surface area contributed by atoms with Crippen molar-refractivity contribution in [3.8, 4) is 0 Å². The molecule has 17 heavy (non-hydrogen) atoms. The monoisotopic (exact) mass is 256 g/mol. The molecule has 0 aromatic heterocycles. The molecule has 0 aliphatic rings. The van der Waals surface area contributed by atoms with E-state index in [0.717, 1.165) is 13.1 Å². The van der Waals surface area contributed by atoms with Crippen molar-refractivity contribution in [1.82, 2.24) is 10.6 Å². The lowest BCUT2D eigenvalue weighted by molar-refractivity contribution is 0.0953. The summed E-state index contributed by atoms with van der Waals surface area (Å²) >= 11 is 5.74. The number of benzene rings is 1. The van der Waals surface area contributed by atoms with E-state index in [1.54, 1.807) is 31.4 Å². The van der Waals surface area contributed by atoms with Crippen molar-refractivity contribution in [2.75, 3.05) is 33.4 Å². The Morgan fingerprint density at radius 2 is 1.94 bits per heavy atom. The van der Waals surface area contributed by atoms with E-state index in [-0.39, 0.29) is 5.91 Å². The maximum Gasteiger partial charge on any atom is 0.251 e. The van der Waals surface area contributed by atoms with Gasteiger partial charge in [-0.05, 0) is 24.3 Å². The van der Waals surface area contributed by atoms with Gasteiger partial charge >= 0.3 is 0 Å². The minimum Gasteiger partial charge on any atom is -0.383 e. The van der Waals surface area contributed by atoms with E-state index >= 15 is 0 Å². The molecule has 0 fully saturated rings. The molecule has 0 saturated heterocycles. The molecule has 0 unspecified atom stereocenters. The van der Waals surface area contributed by atoms with Crippen molar-refractivity contribution in [3.63, 3.8) is 0 Å². The van der Waals surface area contributed by atoms with Gasteiger partial charge in [0.25, 0.3) is 5.91 Å². The Balaban J connectivity index is 2.19. The Hall–Kier alpha value is -1.10. The molecule has 0 radical (unpaired) electrons. The van der Waals surface area contributed by atoms with Crippen molar-refractivity contribution in [2.45, 2.75) is 0 Å². The topological polar surface area (TPSA) is 50.4 Å². The van der Waals surface area contributed by atoms with Gasteiger partial charge in [0.2, 0.25) is 0 Å². The summed E-state index contributed by atoms with van der Waals surface area (Å²) in [6.45, 7) is 2.77. The van der Waals surface area contributed by atoms with Gasteiger partial charge in [0, 0.05) is 37.3 Å². The number of carbonyl (C=O) groups is 1. The SMILES string of the molecule is COCCNCCNC(=O)c1ccc(Cl)cc1. The van der Waals surface area contributed by atoms with Gasteiger partial charge in [0.05, 0.1) is 6.61 Å². The number of carbonyl (C=O) groups excluding carboxylic acids is 1. The minimum absolute atomic E-state index is 0.0878. The van der Waals surface area contributed by atoms with Gasteiger partial charge in [-0.25, -0.2) is 0 Å². The number of methoxy groups -OCH3 is 1. The first-order valence-electron chi connectivity index (χ1n) is 5.47. The molecule has 0 saturated carbocycles. The van der Waals surface area contributed by atoms with Gasteiger partial charge in [-0.3, -0.25) is 4.79 Å². The van der Waals surface area contributed by atoms with Crippen LogP contribution in [0.15, 0.2) is 24.3 Å². The van der Waals surface area contributed by atoms with Crippen LogP contribution >= 0.6 is 11.6 Å². The zero-order valence-corrected chi connectivity index (χ0v) is 10.6. The summed E-state index contributed by atoms with van der Waals surface area (Å²) in [5.74, 6) is -0.0878. The molecule has 0 atom stereocenters. The van der Waals surface area contributed by atoms with Crippen LogP contribution in [0.25, 0.3) is 0 Å². The van der Waals surface area contributed by atoms with Crippen LogP contribution < -0.4 is 10.6 Å². The average Bonchev–Trinajstić information content (AvgIpc) is 2.34. The van der Waals surface area contributed by atoms with E-state index in [1.165, 1.54) is 0 Å². The summed E-state index contributed by atoms with van der Waals surface area (Å²) in [5.41, 5.74) is 0.617. The van der Waals surface area contributed by atoms with E-state index in [2.05, 4.69) is 10.6 Å². The van der Waals surface area contributed by atoms with Gasteiger partial charge in [0.15, 0.2) is 0 Å². The Bertz CT molecular complexity index is 341. The van der Waals surface area contributed by atoms with E-state index in [0.29, 0.717) is 23.7 Å². The lowest BCUT2D eigenvalue weighted by atomic mass is 10.2. The third-order valence-electron chi connectivity index (χ3n) is 2.18. The maximum atomic E-state index is 11.6. The molecule has 1 aromatic carbocycles. The predicted octanol–water partition coefficient (Wildman–Crippen LogP) is 1.31. The van der Waals surface area contributed by atoms with Crippen molar-refractivity contribution in [2.24, 2.45) is 0 Å². The van der Waals surface area contributed by atoms with Crippen molar-refractivity contribution in [1.29, 1.82) is 0 Å². The van der Waals surface area contributed by atoms with Gasteiger partial charge in [-0.15, -0.1) is 0 Å².